The van der Waals surface area contributed by atoms with E-state index in [4.69, 9.17) is 15.2 Å². The van der Waals surface area contributed by atoms with Crippen LogP contribution in [0, 0.1) is 0 Å². The second-order valence-electron chi connectivity index (χ2n) is 9.19. The van der Waals surface area contributed by atoms with Crippen LogP contribution in [0.5, 0.6) is 0 Å². The van der Waals surface area contributed by atoms with Crippen molar-refractivity contribution < 1.29 is 29.0 Å². The molecule has 11 nitrogen and oxygen atoms in total. The van der Waals surface area contributed by atoms with Crippen molar-refractivity contribution in [3.05, 3.63) is 66.0 Å². The second-order valence-corrected chi connectivity index (χ2v) is 9.19. The average Bonchev–Trinajstić information content (AvgIpc) is 2.92. The van der Waals surface area contributed by atoms with Gasteiger partial charge in [-0.15, -0.1) is 0 Å². The van der Waals surface area contributed by atoms with Crippen LogP contribution in [0.3, 0.4) is 0 Å². The number of carbonyl (C=O) groups excluding carboxylic acids is 2. The summed E-state index contributed by atoms with van der Waals surface area (Å²) in [6.07, 6.45) is 1.46. The Balaban J connectivity index is 2.34. The molecule has 1 aromatic carbocycles. The first-order valence-corrected chi connectivity index (χ1v) is 13.2. The van der Waals surface area contributed by atoms with Gasteiger partial charge in [-0.1, -0.05) is 30.3 Å². The number of hydrogen-bond acceptors (Lipinski definition) is 7. The van der Waals surface area contributed by atoms with Gasteiger partial charge in [-0.05, 0) is 51.0 Å². The Morgan fingerprint density at radius 3 is 2.10 bits per heavy atom. The van der Waals surface area contributed by atoms with Crippen LogP contribution in [0.2, 0.25) is 0 Å². The van der Waals surface area contributed by atoms with Gasteiger partial charge in [0, 0.05) is 51.2 Å². The number of hydrogen-bond donors (Lipinski definition) is 3. The molecule has 1 aromatic heterocycles. The van der Waals surface area contributed by atoms with Gasteiger partial charge in [0.2, 0.25) is 11.8 Å². The van der Waals surface area contributed by atoms with E-state index in [0.29, 0.717) is 18.8 Å². The highest BCUT2D eigenvalue weighted by Crippen LogP contribution is 2.13. The molecule has 0 bridgehead atoms. The van der Waals surface area contributed by atoms with Gasteiger partial charge in [-0.25, -0.2) is 4.79 Å². The van der Waals surface area contributed by atoms with E-state index < -0.39 is 30.4 Å². The normalized spacial score (nSPS) is 12.7. The van der Waals surface area contributed by atoms with E-state index in [1.165, 1.54) is 0 Å². The molecule has 0 aliphatic rings. The molecule has 2 aromatic rings. The molecule has 1 heterocycles. The maximum atomic E-state index is 13.9. The van der Waals surface area contributed by atoms with Gasteiger partial charge >= 0.3 is 6.09 Å². The number of aromatic nitrogens is 1. The monoisotopic (exact) mass is 543 g/mol. The molecule has 39 heavy (non-hydrogen) atoms. The Bertz CT molecular complexity index is 1020. The highest BCUT2D eigenvalue weighted by atomic mass is 16.7. The molecule has 0 aliphatic carbocycles. The van der Waals surface area contributed by atoms with E-state index in [1.807, 2.05) is 33.8 Å². The van der Waals surface area contributed by atoms with E-state index in [-0.39, 0.29) is 38.0 Å². The fourth-order valence-corrected chi connectivity index (χ4v) is 4.13. The van der Waals surface area contributed by atoms with Crippen LogP contribution in [0.1, 0.15) is 38.8 Å². The smallest absolute Gasteiger partial charge is 0.408 e. The van der Waals surface area contributed by atoms with Gasteiger partial charge in [0.1, 0.15) is 12.1 Å². The van der Waals surface area contributed by atoms with Gasteiger partial charge in [-0.2, -0.15) is 0 Å². The number of benzene rings is 1. The SMILES string of the molecule is CCOC(CN(C(=O)C(Cc1ccncc1)NC(=O)C(CN)N(Cc1ccccc1)C(=O)O)C(C)C)OCC. The van der Waals surface area contributed by atoms with Gasteiger partial charge in [0.25, 0.3) is 0 Å². The summed E-state index contributed by atoms with van der Waals surface area (Å²) in [6.45, 7) is 8.12. The number of carbonyl (C=O) groups is 3. The Kier molecular flexibility index (Phi) is 13.3. The lowest BCUT2D eigenvalue weighted by atomic mass is 10.0. The first-order valence-electron chi connectivity index (χ1n) is 13.2. The van der Waals surface area contributed by atoms with E-state index >= 15 is 0 Å². The molecule has 2 rings (SSSR count). The number of rotatable bonds is 16. The summed E-state index contributed by atoms with van der Waals surface area (Å²) in [4.78, 5) is 46.1. The molecule has 0 saturated heterocycles. The van der Waals surface area contributed by atoms with Crippen molar-refractivity contribution in [2.45, 2.75) is 65.1 Å². The van der Waals surface area contributed by atoms with Crippen LogP contribution in [0.25, 0.3) is 0 Å². The Labute approximate surface area is 230 Å². The van der Waals surface area contributed by atoms with Crippen LogP contribution in [0.15, 0.2) is 54.9 Å². The largest absolute Gasteiger partial charge is 0.465 e. The van der Waals surface area contributed by atoms with Crippen molar-refractivity contribution in [2.24, 2.45) is 5.73 Å². The summed E-state index contributed by atoms with van der Waals surface area (Å²) in [5.41, 5.74) is 7.40. The standard InChI is InChI=1S/C28H41N5O6/c1-5-38-25(39-6-2)19-32(20(3)4)27(35)23(16-21-12-14-30-15-13-21)31-26(34)24(17-29)33(28(36)37)18-22-10-8-7-9-11-22/h7-15,20,23-25H,5-6,16-19,29H2,1-4H3,(H,31,34)(H,36,37). The molecule has 2 atom stereocenters. The third-order valence-corrected chi connectivity index (χ3v) is 6.10. The number of ether oxygens (including phenoxy) is 2. The number of nitrogens with two attached hydrogens (primary N) is 1. The molecule has 0 saturated carbocycles. The van der Waals surface area contributed by atoms with E-state index in [0.717, 1.165) is 10.5 Å². The molecule has 0 fully saturated rings. The summed E-state index contributed by atoms with van der Waals surface area (Å²) >= 11 is 0. The topological polar surface area (TPSA) is 147 Å². The van der Waals surface area contributed by atoms with Crippen LogP contribution >= 0.6 is 0 Å². The fourth-order valence-electron chi connectivity index (χ4n) is 4.13. The molecular formula is C28H41N5O6. The van der Waals surface area contributed by atoms with Crippen molar-refractivity contribution in [3.8, 4) is 0 Å². The van der Waals surface area contributed by atoms with Crippen molar-refractivity contribution in [3.63, 3.8) is 0 Å². The molecular weight excluding hydrogens is 502 g/mol. The molecule has 11 heteroatoms. The molecule has 0 spiro atoms. The zero-order chi connectivity index (χ0) is 28.8. The van der Waals surface area contributed by atoms with Gasteiger partial charge in [0.05, 0.1) is 6.54 Å². The maximum absolute atomic E-state index is 13.9. The van der Waals surface area contributed by atoms with Crippen LogP contribution in [0.4, 0.5) is 4.79 Å². The lowest BCUT2D eigenvalue weighted by Crippen LogP contribution is -2.59. The highest BCUT2D eigenvalue weighted by molar-refractivity contribution is 5.91. The summed E-state index contributed by atoms with van der Waals surface area (Å²) in [5, 5.41) is 12.7. The second kappa shape index (κ2) is 16.4. The third-order valence-electron chi connectivity index (χ3n) is 6.10. The Morgan fingerprint density at radius 2 is 1.59 bits per heavy atom. The van der Waals surface area contributed by atoms with Gasteiger partial charge in [0.15, 0.2) is 6.29 Å². The molecule has 0 aliphatic heterocycles. The average molecular weight is 544 g/mol. The van der Waals surface area contributed by atoms with Crippen LogP contribution in [-0.4, -0.2) is 88.5 Å². The van der Waals surface area contributed by atoms with Crippen LogP contribution < -0.4 is 11.1 Å². The zero-order valence-corrected chi connectivity index (χ0v) is 23.2. The van der Waals surface area contributed by atoms with Crippen LogP contribution in [-0.2, 0) is 32.0 Å². The molecule has 4 N–H and O–H groups in total. The van der Waals surface area contributed by atoms with Crippen molar-refractivity contribution in [1.29, 1.82) is 0 Å². The summed E-state index contributed by atoms with van der Waals surface area (Å²) in [6, 6.07) is 10.0. The van der Waals surface area contributed by atoms with Crippen molar-refractivity contribution in [1.82, 2.24) is 20.1 Å². The predicted octanol–water partition coefficient (Wildman–Crippen LogP) is 2.25. The Hall–Kier alpha value is -3.54. The number of pyridine rings is 1. The number of carboxylic acid groups (broad SMARTS) is 1. The lowest BCUT2D eigenvalue weighted by Gasteiger charge is -2.35. The molecule has 0 radical (unpaired) electrons. The minimum atomic E-state index is -1.29. The molecule has 3 amide bonds. The van der Waals surface area contributed by atoms with Gasteiger partial charge < -0.3 is 30.5 Å². The van der Waals surface area contributed by atoms with E-state index in [1.54, 1.807) is 53.7 Å². The van der Waals surface area contributed by atoms with Gasteiger partial charge in [-0.3, -0.25) is 19.5 Å². The first-order chi connectivity index (χ1) is 18.7. The maximum Gasteiger partial charge on any atom is 0.408 e. The lowest BCUT2D eigenvalue weighted by molar-refractivity contribution is -0.163. The molecule has 214 valence electrons. The Morgan fingerprint density at radius 1 is 0.974 bits per heavy atom. The minimum absolute atomic E-state index is 0.0308. The minimum Gasteiger partial charge on any atom is -0.465 e. The van der Waals surface area contributed by atoms with Crippen molar-refractivity contribution >= 4 is 17.9 Å². The summed E-state index contributed by atoms with van der Waals surface area (Å²) in [5.74, 6) is -1.00. The number of nitrogens with one attached hydrogen (secondary N) is 1. The van der Waals surface area contributed by atoms with Crippen molar-refractivity contribution in [2.75, 3.05) is 26.3 Å². The molecule has 2 unspecified atom stereocenters. The predicted molar refractivity (Wildman–Crippen MR) is 147 cm³/mol. The zero-order valence-electron chi connectivity index (χ0n) is 23.2. The number of amides is 3. The van der Waals surface area contributed by atoms with E-state index in [9.17, 15) is 19.5 Å². The summed E-state index contributed by atoms with van der Waals surface area (Å²) in [7, 11) is 0. The highest BCUT2D eigenvalue weighted by Gasteiger charge is 2.34. The van der Waals surface area contributed by atoms with E-state index in [2.05, 4.69) is 10.3 Å². The number of nitrogens with zero attached hydrogens (tertiary/aromatic N) is 3. The third kappa shape index (κ3) is 9.93. The quantitative estimate of drug-likeness (QED) is 0.273. The first kappa shape index (κ1) is 31.7. The summed E-state index contributed by atoms with van der Waals surface area (Å²) < 4.78 is 11.3. The fraction of sp³-hybridized carbons (Fsp3) is 0.500.